The molecule has 1 N–H and O–H groups in total. The molecule has 21 heavy (non-hydrogen) atoms. The summed E-state index contributed by atoms with van der Waals surface area (Å²) in [4.78, 5) is 11.7. The Kier molecular flexibility index (Phi) is 7.90. The molecule has 0 saturated carbocycles. The maximum Gasteiger partial charge on any atom is 0.331 e. The highest BCUT2D eigenvalue weighted by Crippen LogP contribution is 2.26. The highest BCUT2D eigenvalue weighted by atomic mass is 79.9. The lowest BCUT2D eigenvalue weighted by Crippen LogP contribution is -2.09. The molecule has 1 rings (SSSR count). The van der Waals surface area contributed by atoms with Crippen molar-refractivity contribution >= 4 is 28.0 Å². The predicted molar refractivity (Wildman–Crippen MR) is 86.6 cm³/mol. The van der Waals surface area contributed by atoms with Crippen LogP contribution in [0.5, 0.6) is 11.5 Å². The lowest BCUT2D eigenvalue weighted by atomic mass is 10.2. The van der Waals surface area contributed by atoms with Crippen molar-refractivity contribution in [3.8, 4) is 11.5 Å². The summed E-state index contributed by atoms with van der Waals surface area (Å²) in [5, 5.41) is 9.23. The van der Waals surface area contributed by atoms with Crippen LogP contribution < -0.4 is 4.74 Å². The second kappa shape index (κ2) is 9.45. The molecule has 0 bridgehead atoms. The Morgan fingerprint density at radius 1 is 1.43 bits per heavy atom. The smallest absolute Gasteiger partial charge is 0.331 e. The zero-order valence-electron chi connectivity index (χ0n) is 12.3. The van der Waals surface area contributed by atoms with E-state index in [2.05, 4.69) is 22.9 Å². The third kappa shape index (κ3) is 6.67. The Labute approximate surface area is 133 Å². The highest BCUT2D eigenvalue weighted by Gasteiger charge is 2.08. The van der Waals surface area contributed by atoms with Crippen LogP contribution in [0.25, 0.3) is 6.08 Å². The molecule has 1 aromatic rings. The normalized spacial score (nSPS) is 12.3. The lowest BCUT2D eigenvalue weighted by Gasteiger charge is -2.09. The van der Waals surface area contributed by atoms with Gasteiger partial charge in [0.15, 0.2) is 16.5 Å². The summed E-state index contributed by atoms with van der Waals surface area (Å²) in [7, 11) is 1.47. The van der Waals surface area contributed by atoms with E-state index in [1.165, 1.54) is 19.3 Å². The number of halogens is 1. The van der Waals surface area contributed by atoms with Crippen LogP contribution in [0.15, 0.2) is 24.3 Å². The molecule has 0 amide bonds. The minimum atomic E-state index is -0.402. The maximum absolute atomic E-state index is 11.7. The number of unbranched alkanes of at least 4 members (excludes halogenated alkanes) is 2. The van der Waals surface area contributed by atoms with Gasteiger partial charge in [-0.2, -0.15) is 0 Å². The molecule has 0 fully saturated rings. The van der Waals surface area contributed by atoms with E-state index in [1.807, 2.05) is 0 Å². The predicted octanol–water partition coefficient (Wildman–Crippen LogP) is 4.26. The van der Waals surface area contributed by atoms with Crippen molar-refractivity contribution in [2.75, 3.05) is 7.11 Å². The van der Waals surface area contributed by atoms with Gasteiger partial charge >= 0.3 is 5.97 Å². The van der Waals surface area contributed by atoms with Crippen LogP contribution in [0.4, 0.5) is 0 Å². The molecular weight excluding hydrogens is 336 g/mol. The van der Waals surface area contributed by atoms with Crippen LogP contribution in [0.1, 0.15) is 38.2 Å². The SMILES string of the molecule is CCCCCC(Br)OC(=O)C=Cc1ccc(O)c(OC)c1. The Hall–Kier alpha value is -1.49. The minimum Gasteiger partial charge on any atom is -0.504 e. The quantitative estimate of drug-likeness (QED) is 0.327. The molecule has 1 unspecified atom stereocenters. The van der Waals surface area contributed by atoms with Crippen molar-refractivity contribution in [3.63, 3.8) is 0 Å². The molecule has 5 heteroatoms. The van der Waals surface area contributed by atoms with Gasteiger partial charge in [0, 0.05) is 6.08 Å². The maximum atomic E-state index is 11.7. The number of benzene rings is 1. The van der Waals surface area contributed by atoms with Crippen molar-refractivity contribution in [2.45, 2.75) is 37.6 Å². The van der Waals surface area contributed by atoms with Crippen LogP contribution in [0.2, 0.25) is 0 Å². The van der Waals surface area contributed by atoms with Gasteiger partial charge in [-0.1, -0.05) is 25.8 Å². The Morgan fingerprint density at radius 3 is 2.86 bits per heavy atom. The first-order valence-corrected chi connectivity index (χ1v) is 7.88. The van der Waals surface area contributed by atoms with Crippen LogP contribution in [0, 0.1) is 0 Å². The van der Waals surface area contributed by atoms with Gasteiger partial charge < -0.3 is 14.6 Å². The molecular formula is C16H21BrO4. The first-order valence-electron chi connectivity index (χ1n) is 6.96. The van der Waals surface area contributed by atoms with E-state index in [4.69, 9.17) is 9.47 Å². The summed E-state index contributed by atoms with van der Waals surface area (Å²) in [6.07, 6.45) is 7.08. The fourth-order valence-electron chi connectivity index (χ4n) is 1.74. The molecule has 0 spiro atoms. The van der Waals surface area contributed by atoms with Crippen LogP contribution >= 0.6 is 15.9 Å². The number of phenols is 1. The van der Waals surface area contributed by atoms with E-state index in [0.29, 0.717) is 5.75 Å². The zero-order valence-corrected chi connectivity index (χ0v) is 13.9. The number of hydrogen-bond donors (Lipinski definition) is 1. The number of methoxy groups -OCH3 is 1. The fraction of sp³-hybridized carbons (Fsp3) is 0.438. The van der Waals surface area contributed by atoms with Crippen LogP contribution in [-0.4, -0.2) is 23.2 Å². The van der Waals surface area contributed by atoms with Crippen LogP contribution in [0.3, 0.4) is 0 Å². The van der Waals surface area contributed by atoms with Crippen molar-refractivity contribution in [1.29, 1.82) is 0 Å². The van der Waals surface area contributed by atoms with E-state index in [9.17, 15) is 9.90 Å². The van der Waals surface area contributed by atoms with Crippen LogP contribution in [-0.2, 0) is 9.53 Å². The van der Waals surface area contributed by atoms with E-state index in [1.54, 1.807) is 18.2 Å². The molecule has 4 nitrogen and oxygen atoms in total. The number of carbonyl (C=O) groups excluding carboxylic acids is 1. The van der Waals surface area contributed by atoms with Gasteiger partial charge in [-0.05, 0) is 52.5 Å². The lowest BCUT2D eigenvalue weighted by molar-refractivity contribution is -0.139. The van der Waals surface area contributed by atoms with Crippen molar-refractivity contribution in [3.05, 3.63) is 29.8 Å². The monoisotopic (exact) mass is 356 g/mol. The Balaban J connectivity index is 2.50. The number of rotatable bonds is 8. The van der Waals surface area contributed by atoms with Gasteiger partial charge in [0.1, 0.15) is 0 Å². The summed E-state index contributed by atoms with van der Waals surface area (Å²) < 4.78 is 10.2. The van der Waals surface area contributed by atoms with E-state index in [0.717, 1.165) is 31.2 Å². The second-order valence-electron chi connectivity index (χ2n) is 4.61. The number of alkyl halides is 1. The summed E-state index contributed by atoms with van der Waals surface area (Å²) in [5.41, 5.74) is 0.749. The molecule has 0 heterocycles. The molecule has 0 saturated heterocycles. The van der Waals surface area contributed by atoms with Gasteiger partial charge in [0.2, 0.25) is 0 Å². The summed E-state index contributed by atoms with van der Waals surface area (Å²) in [5.74, 6) is 0.0255. The highest BCUT2D eigenvalue weighted by molar-refractivity contribution is 9.09. The molecule has 0 aliphatic heterocycles. The van der Waals surface area contributed by atoms with E-state index >= 15 is 0 Å². The van der Waals surface area contributed by atoms with Gasteiger partial charge in [0.05, 0.1) is 7.11 Å². The molecule has 0 radical (unpaired) electrons. The number of ether oxygens (including phenoxy) is 2. The molecule has 0 aliphatic rings. The van der Waals surface area contributed by atoms with E-state index in [-0.39, 0.29) is 10.8 Å². The van der Waals surface area contributed by atoms with Crippen molar-refractivity contribution < 1.29 is 19.4 Å². The molecule has 1 aromatic carbocycles. The van der Waals surface area contributed by atoms with Gasteiger partial charge in [-0.3, -0.25) is 0 Å². The first kappa shape index (κ1) is 17.6. The fourth-order valence-corrected chi connectivity index (χ4v) is 2.25. The zero-order chi connectivity index (χ0) is 15.7. The number of aromatic hydroxyl groups is 1. The average molecular weight is 357 g/mol. The largest absolute Gasteiger partial charge is 0.504 e. The average Bonchev–Trinajstić information content (AvgIpc) is 2.46. The summed E-state index contributed by atoms with van der Waals surface area (Å²) in [6.45, 7) is 2.13. The number of hydrogen-bond acceptors (Lipinski definition) is 4. The topological polar surface area (TPSA) is 55.8 Å². The molecule has 0 aliphatic carbocycles. The first-order chi connectivity index (χ1) is 10.1. The van der Waals surface area contributed by atoms with Gasteiger partial charge in [-0.25, -0.2) is 4.79 Å². The number of esters is 1. The van der Waals surface area contributed by atoms with Crippen molar-refractivity contribution in [1.82, 2.24) is 0 Å². The third-order valence-electron chi connectivity index (χ3n) is 2.89. The van der Waals surface area contributed by atoms with Crippen molar-refractivity contribution in [2.24, 2.45) is 0 Å². The van der Waals surface area contributed by atoms with Gasteiger partial charge in [-0.15, -0.1) is 0 Å². The van der Waals surface area contributed by atoms with Gasteiger partial charge in [0.25, 0.3) is 0 Å². The number of carbonyl (C=O) groups is 1. The molecule has 116 valence electrons. The standard InChI is InChI=1S/C16H21BrO4/c1-3-4-5-6-15(17)21-16(19)10-8-12-7-9-13(18)14(11-12)20-2/h7-11,15,18H,3-6H2,1-2H3. The number of phenolic OH excluding ortho intramolecular Hbond substituents is 1. The summed E-state index contributed by atoms with van der Waals surface area (Å²) >= 11 is 3.34. The minimum absolute atomic E-state index is 0.0636. The van der Waals surface area contributed by atoms with E-state index < -0.39 is 5.97 Å². The summed E-state index contributed by atoms with van der Waals surface area (Å²) in [6, 6.07) is 4.85. The second-order valence-corrected chi connectivity index (χ2v) is 5.63. The Morgan fingerprint density at radius 2 is 2.19 bits per heavy atom. The molecule has 1 atom stereocenters. The third-order valence-corrected chi connectivity index (χ3v) is 3.54. The Bertz CT molecular complexity index is 485. The molecule has 0 aromatic heterocycles.